The highest BCUT2D eigenvalue weighted by molar-refractivity contribution is 6.03. The molecule has 110 valence electrons. The molecule has 0 radical (unpaired) electrons. The molecule has 0 saturated heterocycles. The van der Waals surface area contributed by atoms with Crippen LogP contribution in [0.4, 0.5) is 5.69 Å². The third kappa shape index (κ3) is 3.75. The van der Waals surface area contributed by atoms with Gasteiger partial charge in [0.1, 0.15) is 12.4 Å². The Balaban J connectivity index is 1.96. The van der Waals surface area contributed by atoms with Crippen molar-refractivity contribution in [1.82, 2.24) is 0 Å². The number of hydrogen-bond acceptors (Lipinski definition) is 5. The number of furan rings is 1. The van der Waals surface area contributed by atoms with Crippen molar-refractivity contribution >= 4 is 17.4 Å². The van der Waals surface area contributed by atoms with Gasteiger partial charge in [-0.3, -0.25) is 4.79 Å². The van der Waals surface area contributed by atoms with Crippen LogP contribution in [0.25, 0.3) is 0 Å². The highest BCUT2D eigenvalue weighted by Gasteiger charge is 2.12. The number of ether oxygens (including phenoxy) is 1. The molecule has 7 heteroatoms. The lowest BCUT2D eigenvalue weighted by molar-refractivity contribution is 0.0996. The number of amidine groups is 1. The highest BCUT2D eigenvalue weighted by Crippen LogP contribution is 2.17. The molecule has 1 heterocycles. The van der Waals surface area contributed by atoms with Crippen molar-refractivity contribution in [2.24, 2.45) is 10.9 Å². The van der Waals surface area contributed by atoms with E-state index in [0.717, 1.165) is 5.56 Å². The third-order valence-electron chi connectivity index (χ3n) is 2.70. The molecule has 21 heavy (non-hydrogen) atoms. The predicted octanol–water partition coefficient (Wildman–Crippen LogP) is 1.97. The molecule has 1 aromatic carbocycles. The first kappa shape index (κ1) is 14.4. The molecule has 1 amide bonds. The summed E-state index contributed by atoms with van der Waals surface area (Å²) in [5, 5.41) is 13.9. The fourth-order valence-electron chi connectivity index (χ4n) is 1.61. The van der Waals surface area contributed by atoms with Crippen molar-refractivity contribution in [1.29, 1.82) is 0 Å². The van der Waals surface area contributed by atoms with E-state index in [1.807, 2.05) is 0 Å². The van der Waals surface area contributed by atoms with Gasteiger partial charge in [0.25, 0.3) is 5.91 Å². The van der Waals surface area contributed by atoms with Crippen molar-refractivity contribution in [3.05, 3.63) is 47.9 Å². The molecule has 0 bridgehead atoms. The number of amides is 1. The van der Waals surface area contributed by atoms with Crippen LogP contribution in [0.15, 0.2) is 46.2 Å². The second kappa shape index (κ2) is 6.47. The lowest BCUT2D eigenvalue weighted by Crippen LogP contribution is -2.20. The molecule has 0 saturated carbocycles. The van der Waals surface area contributed by atoms with Crippen LogP contribution < -0.4 is 15.8 Å². The van der Waals surface area contributed by atoms with Crippen molar-refractivity contribution in [2.75, 3.05) is 11.9 Å². The van der Waals surface area contributed by atoms with Crippen LogP contribution in [0.1, 0.15) is 16.1 Å². The van der Waals surface area contributed by atoms with E-state index in [4.69, 9.17) is 20.1 Å². The van der Waals surface area contributed by atoms with E-state index in [9.17, 15) is 4.79 Å². The zero-order valence-corrected chi connectivity index (χ0v) is 11.4. The van der Waals surface area contributed by atoms with Gasteiger partial charge in [0, 0.05) is 11.3 Å². The van der Waals surface area contributed by atoms with Crippen molar-refractivity contribution in [3.63, 3.8) is 0 Å². The number of nitrogens with zero attached hydrogens (tertiary/aromatic N) is 1. The predicted molar refractivity (Wildman–Crippen MR) is 76.7 cm³/mol. The van der Waals surface area contributed by atoms with Crippen LogP contribution in [0.5, 0.6) is 5.75 Å². The highest BCUT2D eigenvalue weighted by atomic mass is 16.5. The number of nitrogens with one attached hydrogen (secondary N) is 1. The first-order valence-corrected chi connectivity index (χ1v) is 6.15. The molecule has 7 nitrogen and oxygen atoms in total. The van der Waals surface area contributed by atoms with Crippen molar-refractivity contribution < 1.29 is 19.2 Å². The minimum absolute atomic E-state index is 0.0200. The van der Waals surface area contributed by atoms with E-state index in [1.54, 1.807) is 37.3 Å². The lowest BCUT2D eigenvalue weighted by atomic mass is 10.2. The number of aryl methyl sites for hydroxylation is 1. The van der Waals surface area contributed by atoms with Gasteiger partial charge in [-0.25, -0.2) is 0 Å². The molecular weight excluding hydrogens is 274 g/mol. The van der Waals surface area contributed by atoms with E-state index in [1.165, 1.54) is 6.26 Å². The Morgan fingerprint density at radius 2 is 2.10 bits per heavy atom. The summed E-state index contributed by atoms with van der Waals surface area (Å²) >= 11 is 0. The summed E-state index contributed by atoms with van der Waals surface area (Å²) in [6.07, 6.45) is 1.47. The summed E-state index contributed by atoms with van der Waals surface area (Å²) in [5.41, 5.74) is 6.67. The number of rotatable bonds is 5. The van der Waals surface area contributed by atoms with E-state index in [-0.39, 0.29) is 24.1 Å². The molecule has 0 spiro atoms. The second-order valence-electron chi connectivity index (χ2n) is 4.29. The molecule has 0 aliphatic carbocycles. The summed E-state index contributed by atoms with van der Waals surface area (Å²) < 4.78 is 10.4. The Morgan fingerprint density at radius 3 is 2.67 bits per heavy atom. The molecule has 0 fully saturated rings. The summed E-state index contributed by atoms with van der Waals surface area (Å²) in [6.45, 7) is 1.77. The van der Waals surface area contributed by atoms with Crippen LogP contribution in [0.3, 0.4) is 0 Å². The van der Waals surface area contributed by atoms with Crippen LogP contribution in [0.2, 0.25) is 0 Å². The average molecular weight is 289 g/mol. The summed E-state index contributed by atoms with van der Waals surface area (Å²) in [4.78, 5) is 11.9. The quantitative estimate of drug-likeness (QED) is 0.337. The van der Waals surface area contributed by atoms with Gasteiger partial charge >= 0.3 is 0 Å². The minimum atomic E-state index is -0.317. The molecule has 2 aromatic rings. The monoisotopic (exact) mass is 289 g/mol. The maximum absolute atomic E-state index is 11.9. The van der Waals surface area contributed by atoms with Gasteiger partial charge in [0.2, 0.25) is 0 Å². The maximum atomic E-state index is 11.9. The van der Waals surface area contributed by atoms with Crippen molar-refractivity contribution in [3.8, 4) is 5.75 Å². The van der Waals surface area contributed by atoms with Crippen LogP contribution in [-0.2, 0) is 0 Å². The first-order valence-electron chi connectivity index (χ1n) is 6.15. The van der Waals surface area contributed by atoms with E-state index >= 15 is 0 Å². The Morgan fingerprint density at radius 1 is 1.38 bits per heavy atom. The lowest BCUT2D eigenvalue weighted by Gasteiger charge is -2.07. The van der Waals surface area contributed by atoms with Gasteiger partial charge in [-0.2, -0.15) is 0 Å². The smallest absolute Gasteiger partial charge is 0.291 e. The number of carbonyl (C=O) groups is 1. The zero-order valence-electron chi connectivity index (χ0n) is 11.4. The van der Waals surface area contributed by atoms with E-state index in [2.05, 4.69) is 10.5 Å². The normalized spacial score (nSPS) is 11.2. The molecule has 0 aliphatic rings. The number of hydrogen-bond donors (Lipinski definition) is 3. The maximum Gasteiger partial charge on any atom is 0.291 e. The molecule has 2 rings (SSSR count). The fourth-order valence-corrected chi connectivity index (χ4v) is 1.61. The average Bonchev–Trinajstić information content (AvgIpc) is 2.92. The standard InChI is InChI=1S/C14H15N3O4/c1-9-6-7-20-13(9)14(18)16-10-2-4-11(5-3-10)21-8-12(15)17-19/h2-7,19H,8H2,1H3,(H2,15,17)(H,16,18). The van der Waals surface area contributed by atoms with Gasteiger partial charge < -0.3 is 25.4 Å². The first-order chi connectivity index (χ1) is 10.1. The summed E-state index contributed by atoms with van der Waals surface area (Å²) in [6, 6.07) is 8.40. The number of nitrogens with two attached hydrogens (primary N) is 1. The number of anilines is 1. The summed E-state index contributed by atoms with van der Waals surface area (Å²) in [7, 11) is 0. The van der Waals surface area contributed by atoms with Crippen LogP contribution in [0, 0.1) is 6.92 Å². The summed E-state index contributed by atoms with van der Waals surface area (Å²) in [5.74, 6) is 0.472. The molecular formula is C14H15N3O4. The van der Waals surface area contributed by atoms with Crippen LogP contribution in [-0.4, -0.2) is 23.6 Å². The number of benzene rings is 1. The number of carbonyl (C=O) groups excluding carboxylic acids is 1. The molecule has 0 atom stereocenters. The van der Waals surface area contributed by atoms with Gasteiger partial charge in [0.05, 0.1) is 6.26 Å². The largest absolute Gasteiger partial charge is 0.486 e. The minimum Gasteiger partial charge on any atom is -0.486 e. The van der Waals surface area contributed by atoms with E-state index < -0.39 is 0 Å². The Hall–Kier alpha value is -2.96. The molecule has 1 aromatic heterocycles. The van der Waals surface area contributed by atoms with E-state index in [0.29, 0.717) is 11.4 Å². The molecule has 4 N–H and O–H groups in total. The molecule has 0 aliphatic heterocycles. The van der Waals surface area contributed by atoms with Crippen molar-refractivity contribution in [2.45, 2.75) is 6.92 Å². The van der Waals surface area contributed by atoms with Gasteiger partial charge in [-0.1, -0.05) is 5.16 Å². The molecule has 0 unspecified atom stereocenters. The van der Waals surface area contributed by atoms with Gasteiger partial charge in [-0.15, -0.1) is 0 Å². The van der Waals surface area contributed by atoms with Gasteiger partial charge in [0.15, 0.2) is 11.6 Å². The SMILES string of the molecule is Cc1ccoc1C(=O)Nc1ccc(OC/C(N)=N/O)cc1. The van der Waals surface area contributed by atoms with Crippen LogP contribution >= 0.6 is 0 Å². The fraction of sp³-hybridized carbons (Fsp3) is 0.143. The van der Waals surface area contributed by atoms with Gasteiger partial charge in [-0.05, 0) is 37.3 Å². The number of oxime groups is 1. The Bertz CT molecular complexity index is 646. The second-order valence-corrected chi connectivity index (χ2v) is 4.29. The Kier molecular flexibility index (Phi) is 4.45. The zero-order chi connectivity index (χ0) is 15.2. The Labute approximate surface area is 121 Å². The third-order valence-corrected chi connectivity index (χ3v) is 2.70. The topological polar surface area (TPSA) is 110 Å².